The van der Waals surface area contributed by atoms with Crippen LogP contribution in [0.4, 0.5) is 4.39 Å². The summed E-state index contributed by atoms with van der Waals surface area (Å²) in [6.07, 6.45) is 5.76. The van der Waals surface area contributed by atoms with E-state index in [4.69, 9.17) is 5.11 Å². The molecule has 0 bridgehead atoms. The van der Waals surface area contributed by atoms with Crippen LogP contribution in [0.2, 0.25) is 0 Å². The van der Waals surface area contributed by atoms with Gasteiger partial charge < -0.3 is 10.4 Å². The number of halogens is 1. The third-order valence-corrected chi connectivity index (χ3v) is 4.74. The molecule has 0 radical (unpaired) electrons. The molecule has 138 valence electrons. The molecule has 26 heavy (non-hydrogen) atoms. The van der Waals surface area contributed by atoms with Gasteiger partial charge in [-0.05, 0) is 73.9 Å². The van der Waals surface area contributed by atoms with Crippen LogP contribution in [0.3, 0.4) is 0 Å². The molecular weight excluding hydrogens is 331 g/mol. The van der Waals surface area contributed by atoms with Gasteiger partial charge in [-0.3, -0.25) is 9.79 Å². The molecular formula is C21H25FN2O2. The molecule has 1 aromatic rings. The summed E-state index contributed by atoms with van der Waals surface area (Å²) < 4.78 is 14.7. The first-order valence-corrected chi connectivity index (χ1v) is 8.56. The van der Waals surface area contributed by atoms with Crippen molar-refractivity contribution in [2.45, 2.75) is 33.2 Å². The second-order valence-electron chi connectivity index (χ2n) is 6.31. The number of carboxylic acid groups (broad SMARTS) is 1. The zero-order chi connectivity index (χ0) is 19.4. The van der Waals surface area contributed by atoms with Crippen molar-refractivity contribution in [3.63, 3.8) is 0 Å². The number of hydrogen-bond donors (Lipinski definition) is 2. The Morgan fingerprint density at radius 2 is 2.04 bits per heavy atom. The van der Waals surface area contributed by atoms with Gasteiger partial charge in [0.15, 0.2) is 0 Å². The molecule has 0 amide bonds. The third kappa shape index (κ3) is 3.83. The van der Waals surface area contributed by atoms with Crippen molar-refractivity contribution >= 4 is 17.3 Å². The Morgan fingerprint density at radius 1 is 1.35 bits per heavy atom. The minimum Gasteiger partial charge on any atom is -0.481 e. The number of aliphatic carboxylic acids is 1. The fourth-order valence-electron chi connectivity index (χ4n) is 3.34. The van der Waals surface area contributed by atoms with Gasteiger partial charge in [0, 0.05) is 18.7 Å². The highest BCUT2D eigenvalue weighted by Gasteiger charge is 2.23. The van der Waals surface area contributed by atoms with E-state index < -0.39 is 12.0 Å². The van der Waals surface area contributed by atoms with E-state index in [9.17, 15) is 9.18 Å². The predicted octanol–water partition coefficient (Wildman–Crippen LogP) is 4.23. The number of hydrogen-bond acceptors (Lipinski definition) is 3. The van der Waals surface area contributed by atoms with Gasteiger partial charge in [0.25, 0.3) is 0 Å². The standard InChI is InChI=1S/C21H25FN2O2/c1-6-15-18(23-4)8-7-12(2)21(15)14-9-16(13(3)17(22)10-14)19(24-5)11-20(25)26/h6-10,19,24H,11H2,1-5H3,(H,25,26)/b15-6+,23-18?. The van der Waals surface area contributed by atoms with Crippen molar-refractivity contribution in [1.29, 1.82) is 0 Å². The summed E-state index contributed by atoms with van der Waals surface area (Å²) in [6.45, 7) is 5.59. The van der Waals surface area contributed by atoms with E-state index in [1.165, 1.54) is 6.07 Å². The second-order valence-corrected chi connectivity index (χ2v) is 6.31. The van der Waals surface area contributed by atoms with Crippen molar-refractivity contribution in [3.8, 4) is 0 Å². The molecule has 1 atom stereocenters. The lowest BCUT2D eigenvalue weighted by Crippen LogP contribution is -2.21. The quantitative estimate of drug-likeness (QED) is 0.830. The molecule has 2 N–H and O–H groups in total. The fraction of sp³-hybridized carbons (Fsp3) is 0.333. The van der Waals surface area contributed by atoms with E-state index in [1.807, 2.05) is 38.1 Å². The van der Waals surface area contributed by atoms with E-state index in [1.54, 1.807) is 21.0 Å². The van der Waals surface area contributed by atoms with Crippen LogP contribution in [0.1, 0.15) is 43.0 Å². The zero-order valence-electron chi connectivity index (χ0n) is 15.9. The van der Waals surface area contributed by atoms with Gasteiger partial charge in [0.2, 0.25) is 0 Å². The number of carbonyl (C=O) groups is 1. The van der Waals surface area contributed by atoms with E-state index in [-0.39, 0.29) is 12.2 Å². The largest absolute Gasteiger partial charge is 0.481 e. The smallest absolute Gasteiger partial charge is 0.305 e. The van der Waals surface area contributed by atoms with Crippen molar-refractivity contribution in [1.82, 2.24) is 5.32 Å². The van der Waals surface area contributed by atoms with Gasteiger partial charge in [0.05, 0.1) is 12.1 Å². The maximum Gasteiger partial charge on any atom is 0.305 e. The van der Waals surface area contributed by atoms with Crippen molar-refractivity contribution in [3.05, 3.63) is 64.0 Å². The number of allylic oxidation sites excluding steroid dienone is 6. The Labute approximate surface area is 153 Å². The zero-order valence-corrected chi connectivity index (χ0v) is 15.9. The molecule has 1 aromatic carbocycles. The Morgan fingerprint density at radius 3 is 2.58 bits per heavy atom. The summed E-state index contributed by atoms with van der Waals surface area (Å²) in [5.41, 5.74) is 5.56. The number of aliphatic imine (C=N–C) groups is 1. The lowest BCUT2D eigenvalue weighted by atomic mass is 9.84. The molecule has 0 aliphatic heterocycles. The number of rotatable bonds is 5. The molecule has 0 fully saturated rings. The maximum absolute atomic E-state index is 14.7. The van der Waals surface area contributed by atoms with E-state index in [0.29, 0.717) is 11.1 Å². The summed E-state index contributed by atoms with van der Waals surface area (Å²) in [5, 5.41) is 12.2. The van der Waals surface area contributed by atoms with Crippen LogP contribution >= 0.6 is 0 Å². The van der Waals surface area contributed by atoms with Gasteiger partial charge in [-0.1, -0.05) is 12.2 Å². The van der Waals surface area contributed by atoms with E-state index in [0.717, 1.165) is 28.0 Å². The van der Waals surface area contributed by atoms with Crippen LogP contribution in [0.5, 0.6) is 0 Å². The molecule has 1 aliphatic carbocycles. The summed E-state index contributed by atoms with van der Waals surface area (Å²) in [5.74, 6) is -1.27. The molecule has 2 rings (SSSR count). The van der Waals surface area contributed by atoms with Crippen LogP contribution in [0.15, 0.2) is 46.5 Å². The first-order chi connectivity index (χ1) is 12.3. The van der Waals surface area contributed by atoms with Gasteiger partial charge in [0.1, 0.15) is 5.82 Å². The van der Waals surface area contributed by atoms with Crippen LogP contribution in [0, 0.1) is 12.7 Å². The number of nitrogens with zero attached hydrogens (tertiary/aromatic N) is 1. The van der Waals surface area contributed by atoms with Crippen molar-refractivity contribution in [2.75, 3.05) is 14.1 Å². The Hall–Kier alpha value is -2.53. The summed E-state index contributed by atoms with van der Waals surface area (Å²) in [7, 11) is 3.41. The average Bonchev–Trinajstić information content (AvgIpc) is 2.61. The van der Waals surface area contributed by atoms with Crippen molar-refractivity contribution < 1.29 is 14.3 Å². The number of benzene rings is 1. The van der Waals surface area contributed by atoms with Crippen LogP contribution < -0.4 is 5.32 Å². The Bertz CT molecular complexity index is 848. The maximum atomic E-state index is 14.7. The molecule has 0 saturated heterocycles. The van der Waals surface area contributed by atoms with E-state index >= 15 is 0 Å². The summed E-state index contributed by atoms with van der Waals surface area (Å²) in [4.78, 5) is 15.5. The second kappa shape index (κ2) is 8.23. The van der Waals surface area contributed by atoms with Gasteiger partial charge in [-0.2, -0.15) is 0 Å². The summed E-state index contributed by atoms with van der Waals surface area (Å²) >= 11 is 0. The topological polar surface area (TPSA) is 61.7 Å². The first kappa shape index (κ1) is 19.8. The number of carboxylic acids is 1. The highest BCUT2D eigenvalue weighted by atomic mass is 19.1. The van der Waals surface area contributed by atoms with Gasteiger partial charge in [-0.25, -0.2) is 4.39 Å². The highest BCUT2D eigenvalue weighted by Crippen LogP contribution is 2.35. The first-order valence-electron chi connectivity index (χ1n) is 8.56. The van der Waals surface area contributed by atoms with Crippen LogP contribution in [-0.2, 0) is 4.79 Å². The molecule has 1 unspecified atom stereocenters. The molecule has 5 heteroatoms. The Kier molecular flexibility index (Phi) is 6.27. The van der Waals surface area contributed by atoms with Gasteiger partial charge in [-0.15, -0.1) is 0 Å². The molecule has 0 aromatic heterocycles. The fourth-order valence-corrected chi connectivity index (χ4v) is 3.34. The SMILES string of the molecule is C/C=C1\C(=NC)C=CC(C)=C1c1cc(F)c(C)c(C(CC(=O)O)NC)c1. The average molecular weight is 356 g/mol. The highest BCUT2D eigenvalue weighted by molar-refractivity contribution is 6.21. The minimum absolute atomic E-state index is 0.115. The summed E-state index contributed by atoms with van der Waals surface area (Å²) in [6, 6.07) is 2.94. The van der Waals surface area contributed by atoms with Crippen molar-refractivity contribution in [2.24, 2.45) is 4.99 Å². The van der Waals surface area contributed by atoms with Crippen LogP contribution in [-0.4, -0.2) is 30.9 Å². The molecule has 1 aliphatic rings. The normalized spacial score (nSPS) is 18.7. The minimum atomic E-state index is -0.930. The third-order valence-electron chi connectivity index (χ3n) is 4.74. The monoisotopic (exact) mass is 356 g/mol. The molecule has 0 spiro atoms. The lowest BCUT2D eigenvalue weighted by Gasteiger charge is -2.23. The molecule has 0 saturated carbocycles. The van der Waals surface area contributed by atoms with Crippen LogP contribution in [0.25, 0.3) is 5.57 Å². The molecule has 4 nitrogen and oxygen atoms in total. The Balaban J connectivity index is 2.67. The predicted molar refractivity (Wildman–Crippen MR) is 104 cm³/mol. The molecule has 0 heterocycles. The lowest BCUT2D eigenvalue weighted by molar-refractivity contribution is -0.137. The number of nitrogens with one attached hydrogen (secondary N) is 1. The van der Waals surface area contributed by atoms with E-state index in [2.05, 4.69) is 10.3 Å². The van der Waals surface area contributed by atoms with Gasteiger partial charge >= 0.3 is 5.97 Å².